The van der Waals surface area contributed by atoms with Crippen molar-refractivity contribution in [2.24, 2.45) is 5.41 Å². The Morgan fingerprint density at radius 3 is 2.44 bits per heavy atom. The van der Waals surface area contributed by atoms with E-state index in [1.807, 2.05) is 45.9 Å². The first-order chi connectivity index (χ1) is 19.3. The van der Waals surface area contributed by atoms with Gasteiger partial charge < -0.3 is 14.6 Å². The molecule has 6 nitrogen and oxygen atoms in total. The van der Waals surface area contributed by atoms with Gasteiger partial charge in [0.05, 0.1) is 33.7 Å². The molecule has 0 saturated carbocycles. The number of aryl methyl sites for hydroxylation is 1. The second-order valence-corrected chi connectivity index (χ2v) is 12.1. The summed E-state index contributed by atoms with van der Waals surface area (Å²) in [5, 5.41) is 10.7. The monoisotopic (exact) mass is 579 g/mol. The third kappa shape index (κ3) is 4.36. The number of pyridine rings is 1. The van der Waals surface area contributed by atoms with Gasteiger partial charge in [-0.25, -0.2) is 9.97 Å². The number of anilines is 1. The van der Waals surface area contributed by atoms with Crippen LogP contribution in [0.3, 0.4) is 0 Å². The highest BCUT2D eigenvalue weighted by Gasteiger charge is 2.58. The number of nitrogens with zero attached hydrogens (tertiary/aromatic N) is 4. The summed E-state index contributed by atoms with van der Waals surface area (Å²) in [5.41, 5.74) is 1.66. The van der Waals surface area contributed by atoms with Crippen LogP contribution in [0.25, 0.3) is 22.4 Å². The van der Waals surface area contributed by atoms with Crippen molar-refractivity contribution in [2.45, 2.75) is 57.9 Å². The van der Waals surface area contributed by atoms with E-state index < -0.39 is 28.4 Å². The number of aromatic nitrogens is 3. The Hall–Kier alpha value is -3.61. The zero-order valence-corrected chi connectivity index (χ0v) is 23.9. The van der Waals surface area contributed by atoms with Crippen LogP contribution in [-0.4, -0.2) is 28.0 Å². The van der Waals surface area contributed by atoms with E-state index >= 15 is 0 Å². The normalized spacial score (nSPS) is 20.4. The topological polar surface area (TPSA) is 77.8 Å². The minimum Gasteiger partial charge on any atom is -0.358 e. The number of ether oxygens (including phenoxy) is 1. The maximum atomic E-state index is 13.1. The van der Waals surface area contributed by atoms with Crippen molar-refractivity contribution < 1.29 is 17.9 Å². The molecule has 4 heterocycles. The van der Waals surface area contributed by atoms with Crippen LogP contribution in [0.1, 0.15) is 55.9 Å². The maximum absolute atomic E-state index is 13.1. The van der Waals surface area contributed by atoms with E-state index in [1.54, 1.807) is 6.20 Å². The number of benzene rings is 2. The molecular formula is C31H29ClF3N5O. The number of hydrogen-bond acceptors (Lipinski definition) is 5. The number of halogens is 4. The third-order valence-corrected chi connectivity index (χ3v) is 9.31. The molecule has 2 aromatic heterocycles. The number of rotatable bonds is 3. The molecule has 41 heavy (non-hydrogen) atoms. The minimum atomic E-state index is -4.42. The zero-order chi connectivity index (χ0) is 29.4. The first-order valence-corrected chi connectivity index (χ1v) is 13.9. The summed E-state index contributed by atoms with van der Waals surface area (Å²) in [4.78, 5) is 14.3. The fraction of sp³-hybridized carbons (Fsp3) is 0.387. The van der Waals surface area contributed by atoms with Crippen molar-refractivity contribution in [1.82, 2.24) is 15.0 Å². The Kier molecular flexibility index (Phi) is 6.18. The van der Waals surface area contributed by atoms with Crippen LogP contribution < -0.4 is 4.90 Å². The van der Waals surface area contributed by atoms with Gasteiger partial charge in [0.15, 0.2) is 0 Å². The molecule has 2 aromatic carbocycles. The predicted molar refractivity (Wildman–Crippen MR) is 151 cm³/mol. The SMILES string of the molecule is Cc1cc2c(cc1Cl)C1(CCN(c3ccc(-c4nc5ccc(C(F)(F)F)cc5[nH]4)cn3)CC1)OC2(C)C(C)(C)C#N. The number of fused-ring (bicyclic) bond motifs is 3. The molecule has 1 N–H and O–H groups in total. The summed E-state index contributed by atoms with van der Waals surface area (Å²) in [5.74, 6) is 1.25. The van der Waals surface area contributed by atoms with Crippen molar-refractivity contribution in [3.8, 4) is 17.5 Å². The summed E-state index contributed by atoms with van der Waals surface area (Å²) < 4.78 is 46.2. The van der Waals surface area contributed by atoms with Gasteiger partial charge in [0.2, 0.25) is 0 Å². The van der Waals surface area contributed by atoms with E-state index in [1.165, 1.54) is 6.07 Å². The predicted octanol–water partition coefficient (Wildman–Crippen LogP) is 7.90. The number of aromatic amines is 1. The highest BCUT2D eigenvalue weighted by atomic mass is 35.5. The summed E-state index contributed by atoms with van der Waals surface area (Å²) in [6, 6.07) is 13.8. The minimum absolute atomic E-state index is 0.318. The maximum Gasteiger partial charge on any atom is 0.416 e. The lowest BCUT2D eigenvalue weighted by Crippen LogP contribution is -2.46. The summed E-state index contributed by atoms with van der Waals surface area (Å²) >= 11 is 6.58. The Labute approximate surface area is 241 Å². The summed E-state index contributed by atoms with van der Waals surface area (Å²) in [7, 11) is 0. The van der Waals surface area contributed by atoms with Gasteiger partial charge in [-0.1, -0.05) is 17.7 Å². The molecule has 1 atom stereocenters. The van der Waals surface area contributed by atoms with Crippen molar-refractivity contribution in [3.63, 3.8) is 0 Å². The Bertz CT molecular complexity index is 1700. The number of piperidine rings is 1. The Morgan fingerprint density at radius 2 is 1.80 bits per heavy atom. The summed E-state index contributed by atoms with van der Waals surface area (Å²) in [6.07, 6.45) is -1.34. The largest absolute Gasteiger partial charge is 0.416 e. The van der Waals surface area contributed by atoms with Crippen LogP contribution in [-0.2, 0) is 22.1 Å². The van der Waals surface area contributed by atoms with Crippen LogP contribution in [0.2, 0.25) is 5.02 Å². The van der Waals surface area contributed by atoms with Crippen LogP contribution in [0.4, 0.5) is 19.0 Å². The Balaban J connectivity index is 1.23. The van der Waals surface area contributed by atoms with Gasteiger partial charge in [-0.05, 0) is 93.6 Å². The first-order valence-electron chi connectivity index (χ1n) is 13.5. The van der Waals surface area contributed by atoms with E-state index in [0.717, 1.165) is 34.6 Å². The molecule has 1 saturated heterocycles. The van der Waals surface area contributed by atoms with Crippen molar-refractivity contribution in [2.75, 3.05) is 18.0 Å². The summed E-state index contributed by atoms with van der Waals surface area (Å²) in [6.45, 7) is 9.17. The second-order valence-electron chi connectivity index (χ2n) is 11.7. The van der Waals surface area contributed by atoms with Gasteiger partial charge in [0, 0.05) is 29.9 Å². The van der Waals surface area contributed by atoms with Gasteiger partial charge in [-0.2, -0.15) is 18.4 Å². The lowest BCUT2D eigenvalue weighted by Gasteiger charge is -2.44. The van der Waals surface area contributed by atoms with E-state index in [0.29, 0.717) is 53.4 Å². The number of alkyl halides is 3. The van der Waals surface area contributed by atoms with Gasteiger partial charge in [-0.3, -0.25) is 0 Å². The molecule has 6 rings (SSSR count). The second kappa shape index (κ2) is 9.20. The number of nitrogens with one attached hydrogen (secondary N) is 1. The lowest BCUT2D eigenvalue weighted by molar-refractivity contribution is -0.180. The van der Waals surface area contributed by atoms with Crippen LogP contribution in [0, 0.1) is 23.7 Å². The standard InChI is InChI=1S/C31H29ClF3N5O/c1-18-13-21-22(15-23(18)32)30(41-29(21,4)28(2,3)17-36)9-11-40(12-10-30)26-8-5-19(16-37-26)27-38-24-7-6-20(31(33,34)35)14-25(24)39-27/h5-8,13-16H,9-12H2,1-4H3,(H,38,39). The van der Waals surface area contributed by atoms with E-state index in [-0.39, 0.29) is 0 Å². The van der Waals surface area contributed by atoms with Crippen LogP contribution in [0.5, 0.6) is 0 Å². The Morgan fingerprint density at radius 1 is 1.07 bits per heavy atom. The highest BCUT2D eigenvalue weighted by molar-refractivity contribution is 6.31. The van der Waals surface area contributed by atoms with E-state index in [2.05, 4.69) is 32.0 Å². The van der Waals surface area contributed by atoms with E-state index in [4.69, 9.17) is 16.3 Å². The van der Waals surface area contributed by atoms with Crippen molar-refractivity contribution in [3.05, 3.63) is 75.9 Å². The quantitative estimate of drug-likeness (QED) is 0.267. The van der Waals surface area contributed by atoms with Crippen LogP contribution in [0.15, 0.2) is 48.7 Å². The zero-order valence-electron chi connectivity index (χ0n) is 23.2. The van der Waals surface area contributed by atoms with Gasteiger partial charge in [0.1, 0.15) is 17.2 Å². The lowest BCUT2D eigenvalue weighted by atomic mass is 9.72. The molecule has 2 aliphatic heterocycles. The number of hydrogen-bond donors (Lipinski definition) is 1. The number of H-pyrrole nitrogens is 1. The molecule has 2 aliphatic rings. The van der Waals surface area contributed by atoms with Crippen molar-refractivity contribution >= 4 is 28.5 Å². The van der Waals surface area contributed by atoms with E-state index in [9.17, 15) is 18.4 Å². The molecule has 4 aromatic rings. The molecular weight excluding hydrogens is 551 g/mol. The molecule has 0 radical (unpaired) electrons. The number of nitriles is 1. The molecule has 1 spiro atoms. The highest BCUT2D eigenvalue weighted by Crippen LogP contribution is 2.58. The average Bonchev–Trinajstić information content (AvgIpc) is 3.47. The third-order valence-electron chi connectivity index (χ3n) is 8.90. The van der Waals surface area contributed by atoms with Gasteiger partial charge in [-0.15, -0.1) is 0 Å². The number of imidazole rings is 1. The van der Waals surface area contributed by atoms with Crippen molar-refractivity contribution in [1.29, 1.82) is 5.26 Å². The van der Waals surface area contributed by atoms with Crippen LogP contribution >= 0.6 is 11.6 Å². The molecule has 0 amide bonds. The molecule has 0 bridgehead atoms. The molecule has 212 valence electrons. The molecule has 0 aliphatic carbocycles. The smallest absolute Gasteiger partial charge is 0.358 e. The van der Waals surface area contributed by atoms with Gasteiger partial charge >= 0.3 is 6.18 Å². The average molecular weight is 580 g/mol. The molecule has 10 heteroatoms. The fourth-order valence-corrected chi connectivity index (χ4v) is 6.19. The fourth-order valence-electron chi connectivity index (χ4n) is 6.03. The molecule has 1 fully saturated rings. The van der Waals surface area contributed by atoms with Gasteiger partial charge in [0.25, 0.3) is 0 Å². The first kappa shape index (κ1) is 27.6. The molecule has 1 unspecified atom stereocenters.